The Bertz CT molecular complexity index is 528. The van der Waals surface area contributed by atoms with Gasteiger partial charge in [-0.3, -0.25) is 0 Å². The minimum Gasteiger partial charge on any atom is -0.329 e. The Balaban J connectivity index is 2.31. The number of likely N-dealkylation sites (N-methyl/N-ethyl adjacent to an activating group) is 1. The van der Waals surface area contributed by atoms with E-state index in [2.05, 4.69) is 47.8 Å². The van der Waals surface area contributed by atoms with Crippen LogP contribution in [0.4, 0.5) is 0 Å². The Hall–Kier alpha value is -1.35. The van der Waals surface area contributed by atoms with Crippen molar-refractivity contribution in [1.82, 2.24) is 14.9 Å². The lowest BCUT2D eigenvalue weighted by Crippen LogP contribution is -2.29. The minimum absolute atomic E-state index is 0.522. The molecule has 1 atom stereocenters. The van der Waals surface area contributed by atoms with Crippen LogP contribution in [0.15, 0.2) is 18.5 Å². The summed E-state index contributed by atoms with van der Waals surface area (Å²) >= 11 is 0. The topological polar surface area (TPSA) is 29.9 Å². The maximum Gasteiger partial charge on any atom is 0.0958 e. The Morgan fingerprint density at radius 1 is 1.28 bits per heavy atom. The molecule has 1 unspecified atom stereocenters. The van der Waals surface area contributed by atoms with Crippen LogP contribution in [0.25, 0.3) is 11.0 Å². The van der Waals surface area contributed by atoms with Gasteiger partial charge in [0.1, 0.15) is 0 Å². The van der Waals surface area contributed by atoms with Gasteiger partial charge < -0.3 is 9.88 Å². The van der Waals surface area contributed by atoms with E-state index in [1.165, 1.54) is 29.5 Å². The van der Waals surface area contributed by atoms with Gasteiger partial charge in [-0.2, -0.15) is 0 Å². The van der Waals surface area contributed by atoms with Crippen LogP contribution in [0.5, 0.6) is 0 Å². The van der Waals surface area contributed by atoms with Crippen LogP contribution in [0.2, 0.25) is 0 Å². The molecule has 0 aliphatic rings. The van der Waals surface area contributed by atoms with E-state index >= 15 is 0 Å². The maximum atomic E-state index is 4.50. The van der Waals surface area contributed by atoms with E-state index < -0.39 is 0 Å². The molecule has 3 nitrogen and oxygen atoms in total. The zero-order valence-corrected chi connectivity index (χ0v) is 11.8. The molecule has 1 aromatic carbocycles. The monoisotopic (exact) mass is 245 g/mol. The van der Waals surface area contributed by atoms with Crippen molar-refractivity contribution in [3.8, 4) is 0 Å². The number of nitrogens with zero attached hydrogens (tertiary/aromatic N) is 2. The number of imidazole rings is 1. The van der Waals surface area contributed by atoms with E-state index in [0.29, 0.717) is 6.04 Å². The highest BCUT2D eigenvalue weighted by Gasteiger charge is 2.09. The third kappa shape index (κ3) is 2.56. The van der Waals surface area contributed by atoms with Crippen molar-refractivity contribution >= 4 is 11.0 Å². The molecule has 0 saturated carbocycles. The summed E-state index contributed by atoms with van der Waals surface area (Å²) in [5, 5.41) is 3.38. The highest BCUT2D eigenvalue weighted by atomic mass is 15.1. The fourth-order valence-corrected chi connectivity index (χ4v) is 2.37. The van der Waals surface area contributed by atoms with Gasteiger partial charge in [0.25, 0.3) is 0 Å². The molecule has 1 N–H and O–H groups in total. The average Bonchev–Trinajstić information content (AvgIpc) is 2.72. The standard InChI is InChI=1S/C15H23N3/c1-5-6-13(16-4)9-18-10-17-14-7-11(2)12(3)8-15(14)18/h7-8,10,13,16H,5-6,9H2,1-4H3. The molecule has 0 saturated heterocycles. The van der Waals surface area contributed by atoms with Crippen molar-refractivity contribution in [2.75, 3.05) is 7.05 Å². The molecule has 0 spiro atoms. The molecular weight excluding hydrogens is 222 g/mol. The van der Waals surface area contributed by atoms with Crippen LogP contribution in [-0.2, 0) is 6.54 Å². The maximum absolute atomic E-state index is 4.50. The summed E-state index contributed by atoms with van der Waals surface area (Å²) in [7, 11) is 2.04. The Kier molecular flexibility index (Phi) is 4.02. The first kappa shape index (κ1) is 13.1. The minimum atomic E-state index is 0.522. The Morgan fingerprint density at radius 3 is 2.67 bits per heavy atom. The lowest BCUT2D eigenvalue weighted by Gasteiger charge is -2.16. The van der Waals surface area contributed by atoms with E-state index in [1.54, 1.807) is 0 Å². The van der Waals surface area contributed by atoms with Gasteiger partial charge in [-0.15, -0.1) is 0 Å². The van der Waals surface area contributed by atoms with Crippen molar-refractivity contribution in [3.63, 3.8) is 0 Å². The second kappa shape index (κ2) is 5.53. The summed E-state index contributed by atoms with van der Waals surface area (Å²) in [6.45, 7) is 7.52. The van der Waals surface area contributed by atoms with Gasteiger partial charge in [-0.1, -0.05) is 13.3 Å². The molecule has 3 heteroatoms. The zero-order valence-electron chi connectivity index (χ0n) is 11.8. The zero-order chi connectivity index (χ0) is 13.1. The number of fused-ring (bicyclic) bond motifs is 1. The average molecular weight is 245 g/mol. The summed E-state index contributed by atoms with van der Waals surface area (Å²) in [5.41, 5.74) is 4.99. The Morgan fingerprint density at radius 2 is 2.00 bits per heavy atom. The molecule has 1 heterocycles. The third-order valence-electron chi connectivity index (χ3n) is 3.70. The Labute approximate surface area is 109 Å². The highest BCUT2D eigenvalue weighted by Crippen LogP contribution is 2.19. The van der Waals surface area contributed by atoms with E-state index in [-0.39, 0.29) is 0 Å². The summed E-state index contributed by atoms with van der Waals surface area (Å²) in [6.07, 6.45) is 4.36. The second-order valence-electron chi connectivity index (χ2n) is 5.10. The van der Waals surface area contributed by atoms with E-state index in [4.69, 9.17) is 0 Å². The normalized spacial score (nSPS) is 13.1. The van der Waals surface area contributed by atoms with Gasteiger partial charge in [0.05, 0.1) is 17.4 Å². The summed E-state index contributed by atoms with van der Waals surface area (Å²) in [5.74, 6) is 0. The van der Waals surface area contributed by atoms with Gasteiger partial charge in [0.2, 0.25) is 0 Å². The summed E-state index contributed by atoms with van der Waals surface area (Å²) in [4.78, 5) is 4.50. The molecule has 0 aliphatic carbocycles. The fourth-order valence-electron chi connectivity index (χ4n) is 2.37. The van der Waals surface area contributed by atoms with Gasteiger partial charge in [-0.05, 0) is 50.6 Å². The van der Waals surface area contributed by atoms with Crippen molar-refractivity contribution < 1.29 is 0 Å². The number of hydrogen-bond acceptors (Lipinski definition) is 2. The molecule has 0 amide bonds. The predicted molar refractivity (Wildman–Crippen MR) is 77.0 cm³/mol. The van der Waals surface area contributed by atoms with E-state index in [9.17, 15) is 0 Å². The quantitative estimate of drug-likeness (QED) is 0.877. The van der Waals surface area contributed by atoms with Gasteiger partial charge in [-0.25, -0.2) is 4.98 Å². The molecule has 0 aliphatic heterocycles. The van der Waals surface area contributed by atoms with Crippen molar-refractivity contribution in [2.24, 2.45) is 0 Å². The lowest BCUT2D eigenvalue weighted by atomic mass is 10.1. The number of benzene rings is 1. The van der Waals surface area contributed by atoms with Crippen LogP contribution in [-0.4, -0.2) is 22.6 Å². The second-order valence-corrected chi connectivity index (χ2v) is 5.10. The largest absolute Gasteiger partial charge is 0.329 e. The lowest BCUT2D eigenvalue weighted by molar-refractivity contribution is 0.454. The van der Waals surface area contributed by atoms with Crippen molar-refractivity contribution in [2.45, 2.75) is 46.2 Å². The van der Waals surface area contributed by atoms with Crippen LogP contribution < -0.4 is 5.32 Å². The SMILES string of the molecule is CCCC(Cn1cnc2cc(C)c(C)cc21)NC. The number of rotatable bonds is 5. The predicted octanol–water partition coefficient (Wildman–Crippen LogP) is 3.04. The van der Waals surface area contributed by atoms with E-state index in [0.717, 1.165) is 12.1 Å². The van der Waals surface area contributed by atoms with Crippen LogP contribution in [0.3, 0.4) is 0 Å². The molecule has 0 radical (unpaired) electrons. The van der Waals surface area contributed by atoms with Crippen molar-refractivity contribution in [3.05, 3.63) is 29.6 Å². The molecule has 2 aromatic rings. The number of hydrogen-bond donors (Lipinski definition) is 1. The number of aryl methyl sites for hydroxylation is 2. The first-order chi connectivity index (χ1) is 8.65. The van der Waals surface area contributed by atoms with Crippen LogP contribution in [0.1, 0.15) is 30.9 Å². The van der Waals surface area contributed by atoms with Crippen LogP contribution >= 0.6 is 0 Å². The van der Waals surface area contributed by atoms with Gasteiger partial charge >= 0.3 is 0 Å². The molecule has 0 fully saturated rings. The molecule has 0 bridgehead atoms. The van der Waals surface area contributed by atoms with Gasteiger partial charge in [0.15, 0.2) is 0 Å². The highest BCUT2D eigenvalue weighted by molar-refractivity contribution is 5.77. The molecule has 18 heavy (non-hydrogen) atoms. The van der Waals surface area contributed by atoms with E-state index in [1.807, 2.05) is 13.4 Å². The number of aromatic nitrogens is 2. The molecule has 98 valence electrons. The first-order valence-electron chi connectivity index (χ1n) is 6.75. The number of nitrogens with one attached hydrogen (secondary N) is 1. The van der Waals surface area contributed by atoms with Crippen molar-refractivity contribution in [1.29, 1.82) is 0 Å². The van der Waals surface area contributed by atoms with Crippen LogP contribution in [0, 0.1) is 13.8 Å². The summed E-state index contributed by atoms with van der Waals surface area (Å²) < 4.78 is 2.26. The smallest absolute Gasteiger partial charge is 0.0958 e. The molecule has 1 aromatic heterocycles. The van der Waals surface area contributed by atoms with Gasteiger partial charge in [0, 0.05) is 12.6 Å². The summed E-state index contributed by atoms with van der Waals surface area (Å²) in [6, 6.07) is 4.94. The third-order valence-corrected chi connectivity index (χ3v) is 3.70. The molecular formula is C15H23N3. The first-order valence-corrected chi connectivity index (χ1v) is 6.75. The molecule has 2 rings (SSSR count). The fraction of sp³-hybridized carbons (Fsp3) is 0.533.